The average molecular weight is 322 g/mol. The Labute approximate surface area is 147 Å². The lowest BCUT2D eigenvalue weighted by molar-refractivity contribution is 0.397. The summed E-state index contributed by atoms with van der Waals surface area (Å²) in [6.45, 7) is 10.7. The Morgan fingerprint density at radius 3 is 2.67 bits per heavy atom. The Balaban J connectivity index is 1.81. The molecular formula is C22H30N2. The molecular weight excluding hydrogens is 292 g/mol. The maximum absolute atomic E-state index is 4.70. The molecule has 24 heavy (non-hydrogen) atoms. The zero-order valence-corrected chi connectivity index (χ0v) is 15.2. The van der Waals surface area contributed by atoms with Gasteiger partial charge in [-0.1, -0.05) is 44.9 Å². The van der Waals surface area contributed by atoms with Gasteiger partial charge < -0.3 is 4.90 Å². The summed E-state index contributed by atoms with van der Waals surface area (Å²) in [5.74, 6) is 0.651. The van der Waals surface area contributed by atoms with Crippen LogP contribution in [0, 0.1) is 5.92 Å². The summed E-state index contributed by atoms with van der Waals surface area (Å²) in [4.78, 5) is 7.10. The molecule has 1 aromatic rings. The van der Waals surface area contributed by atoms with Crippen molar-refractivity contribution in [2.75, 3.05) is 18.0 Å². The number of allylic oxidation sites excluding steroid dienone is 2. The van der Waals surface area contributed by atoms with Gasteiger partial charge in [0.2, 0.25) is 0 Å². The first-order valence-electron chi connectivity index (χ1n) is 9.53. The van der Waals surface area contributed by atoms with Crippen molar-refractivity contribution in [2.45, 2.75) is 52.4 Å². The van der Waals surface area contributed by atoms with E-state index in [9.17, 15) is 0 Å². The number of aliphatic imine (C=N–C) groups is 1. The molecule has 1 saturated carbocycles. The fourth-order valence-corrected chi connectivity index (χ4v) is 3.90. The van der Waals surface area contributed by atoms with E-state index in [1.54, 1.807) is 0 Å². The number of hydrogen-bond acceptors (Lipinski definition) is 2. The van der Waals surface area contributed by atoms with E-state index < -0.39 is 0 Å². The van der Waals surface area contributed by atoms with Gasteiger partial charge in [-0.2, -0.15) is 0 Å². The molecule has 1 fully saturated rings. The first kappa shape index (κ1) is 17.0. The van der Waals surface area contributed by atoms with Crippen molar-refractivity contribution >= 4 is 11.4 Å². The van der Waals surface area contributed by atoms with Gasteiger partial charge in [0.15, 0.2) is 0 Å². The van der Waals surface area contributed by atoms with E-state index in [0.717, 1.165) is 25.2 Å². The second-order valence-electron chi connectivity index (χ2n) is 6.98. The van der Waals surface area contributed by atoms with E-state index in [-0.39, 0.29) is 0 Å². The third-order valence-corrected chi connectivity index (χ3v) is 5.44. The first-order chi connectivity index (χ1) is 11.7. The Morgan fingerprint density at radius 1 is 1.21 bits per heavy atom. The summed E-state index contributed by atoms with van der Waals surface area (Å²) < 4.78 is 0. The molecule has 0 amide bonds. The maximum atomic E-state index is 4.70. The third-order valence-electron chi connectivity index (χ3n) is 5.44. The van der Waals surface area contributed by atoms with E-state index in [1.165, 1.54) is 54.6 Å². The fourth-order valence-electron chi connectivity index (χ4n) is 3.90. The minimum atomic E-state index is 0.651. The topological polar surface area (TPSA) is 15.6 Å². The summed E-state index contributed by atoms with van der Waals surface area (Å²) in [6.07, 6.45) is 10.0. The Kier molecular flexibility index (Phi) is 5.55. The lowest BCUT2D eigenvalue weighted by atomic mass is 9.86. The van der Waals surface area contributed by atoms with E-state index in [4.69, 9.17) is 4.99 Å². The monoisotopic (exact) mass is 322 g/mol. The van der Waals surface area contributed by atoms with Crippen LogP contribution in [0.4, 0.5) is 5.69 Å². The smallest absolute Gasteiger partial charge is 0.0651 e. The molecule has 2 heteroatoms. The third kappa shape index (κ3) is 3.63. The highest BCUT2D eigenvalue weighted by Crippen LogP contribution is 2.33. The molecule has 3 rings (SSSR count). The second kappa shape index (κ2) is 7.83. The largest absolute Gasteiger partial charge is 0.346 e. The van der Waals surface area contributed by atoms with Crippen LogP contribution in [0.2, 0.25) is 0 Å². The second-order valence-corrected chi connectivity index (χ2v) is 6.98. The van der Waals surface area contributed by atoms with Crippen LogP contribution in [0.5, 0.6) is 0 Å². The van der Waals surface area contributed by atoms with E-state index in [1.807, 2.05) is 0 Å². The molecule has 0 radical (unpaired) electrons. The van der Waals surface area contributed by atoms with Crippen LogP contribution in [0.15, 0.2) is 53.2 Å². The molecule has 1 aliphatic heterocycles. The predicted molar refractivity (Wildman–Crippen MR) is 105 cm³/mol. The Morgan fingerprint density at radius 2 is 2.00 bits per heavy atom. The van der Waals surface area contributed by atoms with Gasteiger partial charge in [-0.3, -0.25) is 4.99 Å². The number of benzene rings is 1. The quantitative estimate of drug-likeness (QED) is 0.651. The number of nitrogens with zero attached hydrogens (tertiary/aromatic N) is 2. The molecule has 0 spiro atoms. The molecule has 0 atom stereocenters. The van der Waals surface area contributed by atoms with E-state index >= 15 is 0 Å². The minimum absolute atomic E-state index is 0.651. The highest BCUT2D eigenvalue weighted by Gasteiger charge is 2.21. The molecule has 0 bridgehead atoms. The van der Waals surface area contributed by atoms with Crippen molar-refractivity contribution in [1.82, 2.24) is 0 Å². The first-order valence-corrected chi connectivity index (χ1v) is 9.53. The van der Waals surface area contributed by atoms with Gasteiger partial charge in [0.25, 0.3) is 0 Å². The molecule has 2 nitrogen and oxygen atoms in total. The highest BCUT2D eigenvalue weighted by molar-refractivity contribution is 6.10. The van der Waals surface area contributed by atoms with Crippen molar-refractivity contribution < 1.29 is 0 Å². The SMILES string of the molecule is C=C(C1CCCCC1)N(CC)c1cccc(C2=NCC(CC)=C2)c1. The van der Waals surface area contributed by atoms with Gasteiger partial charge in [0.05, 0.1) is 12.3 Å². The zero-order chi connectivity index (χ0) is 16.9. The summed E-state index contributed by atoms with van der Waals surface area (Å²) in [5.41, 5.74) is 6.34. The van der Waals surface area contributed by atoms with Crippen LogP contribution in [-0.4, -0.2) is 18.8 Å². The lowest BCUT2D eigenvalue weighted by Gasteiger charge is -2.33. The summed E-state index contributed by atoms with van der Waals surface area (Å²) in [6, 6.07) is 8.82. The van der Waals surface area contributed by atoms with Crippen molar-refractivity contribution in [1.29, 1.82) is 0 Å². The molecule has 1 aromatic carbocycles. The minimum Gasteiger partial charge on any atom is -0.346 e. The summed E-state index contributed by atoms with van der Waals surface area (Å²) in [5, 5.41) is 0. The van der Waals surface area contributed by atoms with Crippen LogP contribution in [0.3, 0.4) is 0 Å². The number of rotatable bonds is 6. The van der Waals surface area contributed by atoms with Crippen LogP contribution >= 0.6 is 0 Å². The molecule has 0 unspecified atom stereocenters. The number of hydrogen-bond donors (Lipinski definition) is 0. The van der Waals surface area contributed by atoms with Crippen LogP contribution in [0.25, 0.3) is 0 Å². The van der Waals surface area contributed by atoms with Gasteiger partial charge in [0, 0.05) is 23.5 Å². The molecule has 0 N–H and O–H groups in total. The van der Waals surface area contributed by atoms with Crippen LogP contribution < -0.4 is 4.90 Å². The fraction of sp³-hybridized carbons (Fsp3) is 0.500. The van der Waals surface area contributed by atoms with Crippen molar-refractivity contribution in [3.63, 3.8) is 0 Å². The van der Waals surface area contributed by atoms with Crippen LogP contribution in [-0.2, 0) is 0 Å². The van der Waals surface area contributed by atoms with E-state index in [2.05, 4.69) is 55.7 Å². The van der Waals surface area contributed by atoms with Gasteiger partial charge >= 0.3 is 0 Å². The van der Waals surface area contributed by atoms with Gasteiger partial charge in [-0.15, -0.1) is 0 Å². The predicted octanol–water partition coefficient (Wildman–Crippen LogP) is 5.75. The average Bonchev–Trinajstić information content (AvgIpc) is 3.12. The molecule has 0 saturated heterocycles. The van der Waals surface area contributed by atoms with Crippen LogP contribution in [0.1, 0.15) is 57.9 Å². The lowest BCUT2D eigenvalue weighted by Crippen LogP contribution is -2.27. The highest BCUT2D eigenvalue weighted by atomic mass is 15.1. The van der Waals surface area contributed by atoms with Gasteiger partial charge in [-0.05, 0) is 55.9 Å². The number of anilines is 1. The zero-order valence-electron chi connectivity index (χ0n) is 15.2. The Bertz CT molecular complexity index is 648. The molecule has 0 aromatic heterocycles. The molecule has 128 valence electrons. The Hall–Kier alpha value is -1.83. The molecule has 1 aliphatic carbocycles. The van der Waals surface area contributed by atoms with Crippen molar-refractivity contribution in [2.24, 2.45) is 10.9 Å². The summed E-state index contributed by atoms with van der Waals surface area (Å²) >= 11 is 0. The van der Waals surface area contributed by atoms with Crippen molar-refractivity contribution in [3.05, 3.63) is 53.8 Å². The van der Waals surface area contributed by atoms with Gasteiger partial charge in [-0.25, -0.2) is 0 Å². The molecule has 2 aliphatic rings. The normalized spacial score (nSPS) is 18.2. The molecule has 1 heterocycles. The van der Waals surface area contributed by atoms with E-state index in [0.29, 0.717) is 5.92 Å². The summed E-state index contributed by atoms with van der Waals surface area (Å²) in [7, 11) is 0. The van der Waals surface area contributed by atoms with Crippen molar-refractivity contribution in [3.8, 4) is 0 Å². The standard InChI is InChI=1S/C22H30N2/c1-4-18-14-22(23-16-18)20-12-9-13-21(15-20)24(5-2)17(3)19-10-7-6-8-11-19/h9,12-15,19H,3-8,10-11,16H2,1-2H3. The maximum Gasteiger partial charge on any atom is 0.0651 e. The van der Waals surface area contributed by atoms with Gasteiger partial charge in [0.1, 0.15) is 0 Å².